The monoisotopic (exact) mass is 285 g/mol. The Bertz CT molecular complexity index is 295. The second kappa shape index (κ2) is 6.60. The van der Waals surface area contributed by atoms with Crippen molar-refractivity contribution >= 4 is 28.8 Å². The van der Waals surface area contributed by atoms with Gasteiger partial charge < -0.3 is 0 Å². The van der Waals surface area contributed by atoms with E-state index in [0.717, 1.165) is 14.7 Å². The van der Waals surface area contributed by atoms with E-state index in [2.05, 4.69) is 53.9 Å². The molecule has 0 amide bonds. The van der Waals surface area contributed by atoms with Crippen molar-refractivity contribution in [1.29, 1.82) is 0 Å². The average molecular weight is 285 g/mol. The Morgan fingerprint density at radius 1 is 1.08 bits per heavy atom. The summed E-state index contributed by atoms with van der Waals surface area (Å²) in [6.45, 7) is 14.8. The lowest BCUT2D eigenvalue weighted by Gasteiger charge is -1.96. The van der Waals surface area contributed by atoms with Gasteiger partial charge in [-0.3, -0.25) is 4.99 Å². The topological polar surface area (TPSA) is 12.4 Å². The fourth-order valence-corrected chi connectivity index (χ4v) is 0.703. The quantitative estimate of drug-likeness (QED) is 0.414. The third kappa shape index (κ3) is 6.28. The van der Waals surface area contributed by atoms with Crippen molar-refractivity contribution in [3.8, 4) is 0 Å². The minimum absolute atomic E-state index is 0.772. The molecule has 0 fully saturated rings. The Labute approximate surface area is 93.1 Å². The zero-order valence-electron chi connectivity index (χ0n) is 7.46. The molecule has 0 aliphatic rings. The second-order valence-corrected chi connectivity index (χ2v) is 3.68. The third-order valence-corrected chi connectivity index (χ3v) is 1.57. The van der Waals surface area contributed by atoms with E-state index in [1.165, 1.54) is 6.20 Å². The minimum atomic E-state index is 0.772. The second-order valence-electron chi connectivity index (χ2n) is 2.29. The molecule has 0 radical (unpaired) electrons. The molecule has 0 unspecified atom stereocenters. The molecule has 0 rings (SSSR count). The molecule has 0 spiro atoms. The molecule has 0 saturated carbocycles. The molecule has 0 aliphatic heterocycles. The van der Waals surface area contributed by atoms with Crippen LogP contribution in [0.3, 0.4) is 0 Å². The standard InChI is InChI=1S/C11H12IN/c1-5-13-8-10(3)9(2)6-7-11(4)12/h5-8H,1-4H2/b7-6-,13-8?. The number of nitrogens with zero attached hydrogens (tertiary/aromatic N) is 1. The van der Waals surface area contributed by atoms with Gasteiger partial charge in [-0.15, -0.1) is 0 Å². The summed E-state index contributed by atoms with van der Waals surface area (Å²) in [5.74, 6) is 0. The Morgan fingerprint density at radius 2 is 1.69 bits per heavy atom. The van der Waals surface area contributed by atoms with E-state index in [0.29, 0.717) is 0 Å². The minimum Gasteiger partial charge on any atom is -0.265 e. The van der Waals surface area contributed by atoms with Crippen molar-refractivity contribution in [2.75, 3.05) is 0 Å². The van der Waals surface area contributed by atoms with Crippen LogP contribution in [0.25, 0.3) is 0 Å². The summed E-state index contributed by atoms with van der Waals surface area (Å²) < 4.78 is 0.951. The van der Waals surface area contributed by atoms with Gasteiger partial charge in [0.2, 0.25) is 0 Å². The number of aliphatic imine (C=N–C) groups is 1. The van der Waals surface area contributed by atoms with Gasteiger partial charge in [-0.2, -0.15) is 0 Å². The van der Waals surface area contributed by atoms with Crippen molar-refractivity contribution in [2.24, 2.45) is 4.99 Å². The predicted octanol–water partition coefficient (Wildman–Crippen LogP) is 3.82. The van der Waals surface area contributed by atoms with Crippen molar-refractivity contribution in [1.82, 2.24) is 0 Å². The molecule has 0 heterocycles. The molecule has 13 heavy (non-hydrogen) atoms. The lowest BCUT2D eigenvalue weighted by molar-refractivity contribution is 1.58. The summed E-state index contributed by atoms with van der Waals surface area (Å²) in [5, 5.41) is 0. The molecule has 1 nitrogen and oxygen atoms in total. The molecular weight excluding hydrogens is 273 g/mol. The van der Waals surface area contributed by atoms with E-state index in [4.69, 9.17) is 0 Å². The third-order valence-electron chi connectivity index (χ3n) is 1.21. The van der Waals surface area contributed by atoms with E-state index in [1.54, 1.807) is 6.21 Å². The first-order chi connectivity index (χ1) is 6.07. The van der Waals surface area contributed by atoms with Crippen LogP contribution < -0.4 is 0 Å². The first kappa shape index (κ1) is 12.1. The molecule has 0 N–H and O–H groups in total. The van der Waals surface area contributed by atoms with Crippen LogP contribution in [0, 0.1) is 0 Å². The fraction of sp³-hybridized carbons (Fsp3) is 0. The van der Waals surface area contributed by atoms with Crippen LogP contribution in [-0.2, 0) is 0 Å². The van der Waals surface area contributed by atoms with Gasteiger partial charge in [0.05, 0.1) is 0 Å². The normalized spacial score (nSPS) is 10.5. The number of hydrogen-bond acceptors (Lipinski definition) is 1. The zero-order valence-corrected chi connectivity index (χ0v) is 9.62. The first-order valence-electron chi connectivity index (χ1n) is 3.62. The van der Waals surface area contributed by atoms with E-state index < -0.39 is 0 Å². The Morgan fingerprint density at radius 3 is 2.15 bits per heavy atom. The van der Waals surface area contributed by atoms with Gasteiger partial charge in [0, 0.05) is 16.0 Å². The van der Waals surface area contributed by atoms with Crippen LogP contribution in [0.15, 0.2) is 64.4 Å². The predicted molar refractivity (Wildman–Crippen MR) is 69.3 cm³/mol. The fourth-order valence-electron chi connectivity index (χ4n) is 0.524. The molecule has 0 atom stereocenters. The molecule has 0 aromatic rings. The number of allylic oxidation sites excluding steroid dienone is 5. The van der Waals surface area contributed by atoms with Crippen LogP contribution in [0.4, 0.5) is 0 Å². The van der Waals surface area contributed by atoms with Gasteiger partial charge in [-0.05, 0) is 39.8 Å². The highest BCUT2D eigenvalue weighted by atomic mass is 127. The van der Waals surface area contributed by atoms with Crippen molar-refractivity contribution in [3.63, 3.8) is 0 Å². The maximum absolute atomic E-state index is 3.84. The van der Waals surface area contributed by atoms with E-state index in [9.17, 15) is 0 Å². The van der Waals surface area contributed by atoms with Crippen LogP contribution in [0.1, 0.15) is 0 Å². The van der Waals surface area contributed by atoms with Gasteiger partial charge in [0.1, 0.15) is 0 Å². The van der Waals surface area contributed by atoms with Gasteiger partial charge in [0.15, 0.2) is 0 Å². The molecular formula is C11H12IN. The molecule has 0 aliphatic carbocycles. The maximum Gasteiger partial charge on any atom is 0.0339 e. The average Bonchev–Trinajstić information content (AvgIpc) is 2.10. The van der Waals surface area contributed by atoms with Crippen LogP contribution in [-0.4, -0.2) is 6.21 Å². The zero-order chi connectivity index (χ0) is 10.3. The van der Waals surface area contributed by atoms with Crippen molar-refractivity contribution in [3.05, 3.63) is 59.4 Å². The first-order valence-corrected chi connectivity index (χ1v) is 4.70. The van der Waals surface area contributed by atoms with Gasteiger partial charge in [-0.25, -0.2) is 0 Å². The highest BCUT2D eigenvalue weighted by Crippen LogP contribution is 2.09. The largest absolute Gasteiger partial charge is 0.265 e. The molecule has 0 bridgehead atoms. The van der Waals surface area contributed by atoms with Gasteiger partial charge in [-0.1, -0.05) is 32.4 Å². The smallest absolute Gasteiger partial charge is 0.0339 e. The van der Waals surface area contributed by atoms with Crippen LogP contribution >= 0.6 is 22.6 Å². The van der Waals surface area contributed by atoms with E-state index in [-0.39, 0.29) is 0 Å². The highest BCUT2D eigenvalue weighted by Gasteiger charge is 1.90. The molecule has 0 aromatic heterocycles. The Kier molecular flexibility index (Phi) is 6.14. The molecule has 0 aromatic carbocycles. The lowest BCUT2D eigenvalue weighted by atomic mass is 10.1. The van der Waals surface area contributed by atoms with Gasteiger partial charge >= 0.3 is 0 Å². The number of hydrogen-bond donors (Lipinski definition) is 0. The van der Waals surface area contributed by atoms with E-state index >= 15 is 0 Å². The number of rotatable bonds is 5. The maximum atomic E-state index is 3.84. The molecule has 2 heteroatoms. The molecule has 68 valence electrons. The Hall–Kier alpha value is -0.900. The Balaban J connectivity index is 4.28. The highest BCUT2D eigenvalue weighted by molar-refractivity contribution is 14.1. The number of halogens is 1. The van der Waals surface area contributed by atoms with Crippen LogP contribution in [0.5, 0.6) is 0 Å². The summed E-state index contributed by atoms with van der Waals surface area (Å²) in [6.07, 6.45) is 6.80. The summed E-state index contributed by atoms with van der Waals surface area (Å²) >= 11 is 2.13. The van der Waals surface area contributed by atoms with Crippen LogP contribution in [0.2, 0.25) is 0 Å². The van der Waals surface area contributed by atoms with E-state index in [1.807, 2.05) is 12.2 Å². The van der Waals surface area contributed by atoms with Gasteiger partial charge in [0.25, 0.3) is 0 Å². The summed E-state index contributed by atoms with van der Waals surface area (Å²) in [4.78, 5) is 3.84. The lowest BCUT2D eigenvalue weighted by Crippen LogP contribution is -1.83. The summed E-state index contributed by atoms with van der Waals surface area (Å²) in [5.41, 5.74) is 1.59. The SMILES string of the molecule is C=CN=CC(=C)C(=C)/C=C\C(=C)I. The van der Waals surface area contributed by atoms with Crippen molar-refractivity contribution in [2.45, 2.75) is 0 Å². The van der Waals surface area contributed by atoms with Crippen molar-refractivity contribution < 1.29 is 0 Å². The summed E-state index contributed by atoms with van der Waals surface area (Å²) in [6, 6.07) is 0. The summed E-state index contributed by atoms with van der Waals surface area (Å²) in [7, 11) is 0. The molecule has 0 saturated heterocycles.